The third-order valence-corrected chi connectivity index (χ3v) is 4.58. The van der Waals surface area contributed by atoms with E-state index in [2.05, 4.69) is 0 Å². The first kappa shape index (κ1) is 16.3. The molecule has 2 heterocycles. The Balaban J connectivity index is 1.61. The lowest BCUT2D eigenvalue weighted by Crippen LogP contribution is -2.48. The van der Waals surface area contributed by atoms with E-state index in [0.29, 0.717) is 45.0 Å². The number of morpholine rings is 1. The summed E-state index contributed by atoms with van der Waals surface area (Å²) in [4.78, 5) is 16.5. The number of amides is 1. The molecule has 2 fully saturated rings. The van der Waals surface area contributed by atoms with Gasteiger partial charge in [-0.15, -0.1) is 0 Å². The summed E-state index contributed by atoms with van der Waals surface area (Å²) in [6, 6.07) is 3.52. The van der Waals surface area contributed by atoms with Crippen LogP contribution in [0.5, 0.6) is 0 Å². The molecule has 2 aliphatic rings. The second kappa shape index (κ2) is 7.36. The number of hydrogen-bond donors (Lipinski definition) is 0. The van der Waals surface area contributed by atoms with Crippen LogP contribution in [0.25, 0.3) is 0 Å². The van der Waals surface area contributed by atoms with Gasteiger partial charge in [-0.1, -0.05) is 0 Å². The molecule has 0 radical (unpaired) electrons. The van der Waals surface area contributed by atoms with E-state index in [1.807, 2.05) is 9.80 Å². The minimum atomic E-state index is -0.431. The van der Waals surface area contributed by atoms with E-state index in [0.717, 1.165) is 31.5 Å². The minimum Gasteiger partial charge on any atom is -0.378 e. The van der Waals surface area contributed by atoms with E-state index < -0.39 is 11.6 Å². The highest BCUT2D eigenvalue weighted by Crippen LogP contribution is 2.22. The van der Waals surface area contributed by atoms with Gasteiger partial charge in [-0.05, 0) is 37.6 Å². The molecule has 2 saturated heterocycles. The Morgan fingerprint density at radius 3 is 2.78 bits per heavy atom. The van der Waals surface area contributed by atoms with Crippen molar-refractivity contribution in [2.45, 2.75) is 19.4 Å². The predicted octanol–water partition coefficient (Wildman–Crippen LogP) is 2.04. The predicted molar refractivity (Wildman–Crippen MR) is 81.8 cm³/mol. The van der Waals surface area contributed by atoms with Crippen molar-refractivity contribution in [1.82, 2.24) is 9.80 Å². The summed E-state index contributed by atoms with van der Waals surface area (Å²) >= 11 is 0. The van der Waals surface area contributed by atoms with E-state index >= 15 is 0 Å². The van der Waals surface area contributed by atoms with Crippen molar-refractivity contribution in [3.05, 3.63) is 35.4 Å². The molecule has 1 atom stereocenters. The van der Waals surface area contributed by atoms with Crippen molar-refractivity contribution in [2.24, 2.45) is 5.92 Å². The number of rotatable bonds is 3. The number of carbonyl (C=O) groups is 1. The van der Waals surface area contributed by atoms with Gasteiger partial charge in [0.1, 0.15) is 11.6 Å². The van der Waals surface area contributed by atoms with E-state index in [1.54, 1.807) is 0 Å². The molecule has 0 N–H and O–H groups in total. The Hall–Kier alpha value is -1.53. The molecule has 2 aliphatic heterocycles. The van der Waals surface area contributed by atoms with Crippen molar-refractivity contribution in [3.63, 3.8) is 0 Å². The van der Waals surface area contributed by atoms with Gasteiger partial charge in [-0.2, -0.15) is 0 Å². The van der Waals surface area contributed by atoms with Crippen molar-refractivity contribution in [2.75, 3.05) is 39.4 Å². The van der Waals surface area contributed by atoms with Gasteiger partial charge < -0.3 is 9.64 Å². The molecule has 6 heteroatoms. The number of nitrogens with zero attached hydrogens (tertiary/aromatic N) is 2. The average Bonchev–Trinajstić information content (AvgIpc) is 2.58. The summed E-state index contributed by atoms with van der Waals surface area (Å²) in [6.45, 7) is 4.24. The molecule has 1 aromatic rings. The second-order valence-corrected chi connectivity index (χ2v) is 6.25. The Morgan fingerprint density at radius 1 is 1.22 bits per heavy atom. The molecule has 126 valence electrons. The highest BCUT2D eigenvalue weighted by atomic mass is 19.1. The summed E-state index contributed by atoms with van der Waals surface area (Å²) in [5.74, 6) is -0.719. The normalized spacial score (nSPS) is 23.0. The van der Waals surface area contributed by atoms with Crippen molar-refractivity contribution in [1.29, 1.82) is 0 Å². The van der Waals surface area contributed by atoms with Crippen molar-refractivity contribution < 1.29 is 18.3 Å². The summed E-state index contributed by atoms with van der Waals surface area (Å²) in [5.41, 5.74) is 0.351. The molecule has 0 aromatic heterocycles. The van der Waals surface area contributed by atoms with E-state index in [4.69, 9.17) is 4.74 Å². The zero-order valence-corrected chi connectivity index (χ0v) is 13.1. The van der Waals surface area contributed by atoms with Gasteiger partial charge in [0.05, 0.1) is 19.1 Å². The molecule has 1 aromatic carbocycles. The summed E-state index contributed by atoms with van der Waals surface area (Å²) in [6.07, 6.45) is 1.76. The minimum absolute atomic E-state index is 0.0570. The third-order valence-electron chi connectivity index (χ3n) is 4.58. The van der Waals surface area contributed by atoms with E-state index in [1.165, 1.54) is 6.07 Å². The maximum atomic E-state index is 13.8. The highest BCUT2D eigenvalue weighted by molar-refractivity contribution is 5.79. The van der Waals surface area contributed by atoms with Crippen LogP contribution in [0.15, 0.2) is 18.2 Å². The van der Waals surface area contributed by atoms with Crippen LogP contribution < -0.4 is 0 Å². The fraction of sp³-hybridized carbons (Fsp3) is 0.588. The number of carbonyl (C=O) groups excluding carboxylic acids is 1. The number of benzene rings is 1. The van der Waals surface area contributed by atoms with Gasteiger partial charge in [0, 0.05) is 31.7 Å². The first-order chi connectivity index (χ1) is 11.1. The Morgan fingerprint density at radius 2 is 2.00 bits per heavy atom. The maximum absolute atomic E-state index is 13.8. The van der Waals surface area contributed by atoms with Crippen LogP contribution in [0, 0.1) is 17.6 Å². The van der Waals surface area contributed by atoms with Crippen LogP contribution in [0.1, 0.15) is 18.4 Å². The zero-order valence-electron chi connectivity index (χ0n) is 13.1. The largest absolute Gasteiger partial charge is 0.378 e. The Kier molecular flexibility index (Phi) is 5.23. The number of ether oxygens (including phenoxy) is 1. The van der Waals surface area contributed by atoms with Crippen LogP contribution in [0.2, 0.25) is 0 Å². The maximum Gasteiger partial charge on any atom is 0.227 e. The number of hydrogen-bond acceptors (Lipinski definition) is 3. The van der Waals surface area contributed by atoms with Crippen LogP contribution in [-0.2, 0) is 16.1 Å². The summed E-state index contributed by atoms with van der Waals surface area (Å²) < 4.78 is 32.4. The van der Waals surface area contributed by atoms with Crippen LogP contribution in [0.4, 0.5) is 8.78 Å². The topological polar surface area (TPSA) is 32.8 Å². The van der Waals surface area contributed by atoms with Gasteiger partial charge in [-0.25, -0.2) is 8.78 Å². The molecule has 3 rings (SSSR count). The standard InChI is InChI=1S/C17H22F2N2O2/c18-15-3-4-16(19)14(10-15)12-20-5-1-2-13(11-20)17(22)21-6-8-23-9-7-21/h3-4,10,13H,1-2,5-9,11-12H2. The van der Waals surface area contributed by atoms with Gasteiger partial charge in [0.15, 0.2) is 0 Å². The van der Waals surface area contributed by atoms with Gasteiger partial charge in [0.25, 0.3) is 0 Å². The fourth-order valence-electron chi connectivity index (χ4n) is 3.35. The number of halogens is 2. The molecule has 1 amide bonds. The van der Waals surface area contributed by atoms with Gasteiger partial charge in [0.2, 0.25) is 5.91 Å². The first-order valence-electron chi connectivity index (χ1n) is 8.16. The lowest BCUT2D eigenvalue weighted by molar-refractivity contribution is -0.141. The van der Waals surface area contributed by atoms with Gasteiger partial charge in [-0.3, -0.25) is 9.69 Å². The Bertz CT molecular complexity index is 562. The van der Waals surface area contributed by atoms with Crippen LogP contribution in [0.3, 0.4) is 0 Å². The zero-order chi connectivity index (χ0) is 16.2. The molecule has 1 unspecified atom stereocenters. The molecule has 0 saturated carbocycles. The number of likely N-dealkylation sites (tertiary alicyclic amines) is 1. The van der Waals surface area contributed by atoms with Crippen LogP contribution in [-0.4, -0.2) is 55.1 Å². The number of piperidine rings is 1. The summed E-state index contributed by atoms with van der Waals surface area (Å²) in [7, 11) is 0. The van der Waals surface area contributed by atoms with Crippen molar-refractivity contribution in [3.8, 4) is 0 Å². The lowest BCUT2D eigenvalue weighted by atomic mass is 9.96. The quantitative estimate of drug-likeness (QED) is 0.853. The lowest BCUT2D eigenvalue weighted by Gasteiger charge is -2.36. The van der Waals surface area contributed by atoms with E-state index in [9.17, 15) is 13.6 Å². The van der Waals surface area contributed by atoms with Crippen molar-refractivity contribution >= 4 is 5.91 Å². The van der Waals surface area contributed by atoms with Gasteiger partial charge >= 0.3 is 0 Å². The molecule has 23 heavy (non-hydrogen) atoms. The van der Waals surface area contributed by atoms with E-state index in [-0.39, 0.29) is 11.8 Å². The summed E-state index contributed by atoms with van der Waals surface area (Å²) in [5, 5.41) is 0. The molecular weight excluding hydrogens is 302 g/mol. The SMILES string of the molecule is O=C(C1CCCN(Cc2cc(F)ccc2F)C1)N1CCOCC1. The molecule has 0 aliphatic carbocycles. The molecular formula is C17H22F2N2O2. The Labute approximate surface area is 135 Å². The molecule has 0 spiro atoms. The van der Waals surface area contributed by atoms with Crippen LogP contribution >= 0.6 is 0 Å². The average molecular weight is 324 g/mol. The molecule has 4 nitrogen and oxygen atoms in total. The smallest absolute Gasteiger partial charge is 0.227 e. The second-order valence-electron chi connectivity index (χ2n) is 6.25. The first-order valence-corrected chi connectivity index (χ1v) is 8.16. The third kappa shape index (κ3) is 4.06. The highest BCUT2D eigenvalue weighted by Gasteiger charge is 2.30. The fourth-order valence-corrected chi connectivity index (χ4v) is 3.35. The molecule has 0 bridgehead atoms. The monoisotopic (exact) mass is 324 g/mol.